The molecule has 0 radical (unpaired) electrons. The third-order valence-corrected chi connectivity index (χ3v) is 5.39. The van der Waals surface area contributed by atoms with Gasteiger partial charge in [-0.2, -0.15) is 10.2 Å². The van der Waals surface area contributed by atoms with Crippen LogP contribution in [0, 0.1) is 6.92 Å². The first-order valence-corrected chi connectivity index (χ1v) is 9.98. The number of rotatable bonds is 4. The van der Waals surface area contributed by atoms with E-state index in [1.165, 1.54) is 0 Å². The third kappa shape index (κ3) is 3.24. The number of aromatic nitrogens is 6. The van der Waals surface area contributed by atoms with Gasteiger partial charge < -0.3 is 4.74 Å². The van der Waals surface area contributed by atoms with Gasteiger partial charge >= 0.3 is 0 Å². The van der Waals surface area contributed by atoms with Gasteiger partial charge in [-0.15, -0.1) is 0 Å². The van der Waals surface area contributed by atoms with Crippen molar-refractivity contribution in [2.24, 2.45) is 14.1 Å². The summed E-state index contributed by atoms with van der Waals surface area (Å²) in [6.45, 7) is 2.00. The zero-order valence-corrected chi connectivity index (χ0v) is 17.9. The van der Waals surface area contributed by atoms with Gasteiger partial charge in [0.15, 0.2) is 0 Å². The Morgan fingerprint density at radius 2 is 1.55 bits per heavy atom. The molecule has 0 spiro atoms. The number of fused-ring (bicyclic) bond motifs is 1. The molecule has 0 aliphatic heterocycles. The van der Waals surface area contributed by atoms with Crippen molar-refractivity contribution in [1.29, 1.82) is 0 Å². The molecule has 0 fully saturated rings. The number of hydrogen-bond donors (Lipinski definition) is 0. The van der Waals surface area contributed by atoms with Crippen molar-refractivity contribution in [2.45, 2.75) is 6.92 Å². The zero-order valence-electron chi connectivity index (χ0n) is 17.9. The minimum Gasteiger partial charge on any atom is -0.496 e. The first kappa shape index (κ1) is 19.0. The molecule has 0 N–H and O–H groups in total. The Balaban J connectivity index is 1.79. The van der Waals surface area contributed by atoms with Gasteiger partial charge in [0.1, 0.15) is 17.8 Å². The lowest BCUT2D eigenvalue weighted by Crippen LogP contribution is -1.94. The van der Waals surface area contributed by atoms with E-state index >= 15 is 0 Å². The van der Waals surface area contributed by atoms with Crippen LogP contribution < -0.4 is 4.74 Å². The maximum atomic E-state index is 5.70. The van der Waals surface area contributed by atoms with Gasteiger partial charge in [0.25, 0.3) is 0 Å². The first-order valence-electron chi connectivity index (χ1n) is 9.98. The van der Waals surface area contributed by atoms with Gasteiger partial charge in [0, 0.05) is 60.2 Å². The number of benzene rings is 2. The van der Waals surface area contributed by atoms with Crippen molar-refractivity contribution in [3.05, 3.63) is 66.9 Å². The molecule has 0 bridgehead atoms. The highest BCUT2D eigenvalue weighted by Crippen LogP contribution is 2.39. The summed E-state index contributed by atoms with van der Waals surface area (Å²) in [5.41, 5.74) is 7.45. The van der Waals surface area contributed by atoms with Crippen LogP contribution in [0.25, 0.3) is 44.5 Å². The topological polar surface area (TPSA) is 70.7 Å². The van der Waals surface area contributed by atoms with Gasteiger partial charge in [-0.05, 0) is 13.0 Å². The molecule has 0 amide bonds. The monoisotopic (exact) mass is 410 g/mol. The minimum absolute atomic E-state index is 0.753. The molecule has 5 aromatic rings. The summed E-state index contributed by atoms with van der Waals surface area (Å²) in [6, 6.07) is 14.2. The molecule has 3 heterocycles. The number of ether oxygens (including phenoxy) is 1. The summed E-state index contributed by atoms with van der Waals surface area (Å²) in [7, 11) is 5.51. The highest BCUT2D eigenvalue weighted by molar-refractivity contribution is 5.99. The van der Waals surface area contributed by atoms with Gasteiger partial charge in [-0.3, -0.25) is 9.36 Å². The largest absolute Gasteiger partial charge is 0.496 e. The van der Waals surface area contributed by atoms with Crippen LogP contribution in [0.1, 0.15) is 5.69 Å². The van der Waals surface area contributed by atoms with Crippen LogP contribution in [0.2, 0.25) is 0 Å². The predicted molar refractivity (Wildman–Crippen MR) is 121 cm³/mol. The first-order chi connectivity index (χ1) is 15.0. The van der Waals surface area contributed by atoms with Crippen molar-refractivity contribution in [3.63, 3.8) is 0 Å². The third-order valence-electron chi connectivity index (χ3n) is 5.39. The fourth-order valence-corrected chi connectivity index (χ4v) is 4.01. The molecule has 31 heavy (non-hydrogen) atoms. The summed E-state index contributed by atoms with van der Waals surface area (Å²) in [5, 5.41) is 10.1. The summed E-state index contributed by atoms with van der Waals surface area (Å²) < 4.78 is 9.33. The van der Waals surface area contributed by atoms with Crippen molar-refractivity contribution < 1.29 is 4.74 Å². The van der Waals surface area contributed by atoms with Crippen molar-refractivity contribution >= 4 is 10.9 Å². The second-order valence-corrected chi connectivity index (χ2v) is 7.52. The van der Waals surface area contributed by atoms with Crippen molar-refractivity contribution in [2.75, 3.05) is 7.11 Å². The summed E-state index contributed by atoms with van der Waals surface area (Å²) >= 11 is 0. The standard InChI is InChI=1S/C24H22N6O/c1-15-19(12-29(2)27-15)17-10-18-21(11-22(17)31-4)25-14-26-24(18)20-13-30(3)28-23(20)16-8-6-5-7-9-16/h5-14H,1-4H3. The number of hydrogen-bond acceptors (Lipinski definition) is 5. The molecule has 0 saturated heterocycles. The quantitative estimate of drug-likeness (QED) is 0.439. The maximum Gasteiger partial charge on any atom is 0.129 e. The highest BCUT2D eigenvalue weighted by atomic mass is 16.5. The molecule has 0 aliphatic rings. The molecular formula is C24H22N6O. The van der Waals surface area contributed by atoms with Crippen LogP contribution >= 0.6 is 0 Å². The summed E-state index contributed by atoms with van der Waals surface area (Å²) in [4.78, 5) is 9.18. The molecule has 3 aromatic heterocycles. The molecule has 0 aliphatic carbocycles. The smallest absolute Gasteiger partial charge is 0.129 e. The average molecular weight is 410 g/mol. The van der Waals surface area contributed by atoms with Crippen LogP contribution in [0.4, 0.5) is 0 Å². The van der Waals surface area contributed by atoms with Crippen LogP contribution in [0.15, 0.2) is 61.2 Å². The Morgan fingerprint density at radius 1 is 0.806 bits per heavy atom. The van der Waals surface area contributed by atoms with Crippen LogP contribution in [-0.2, 0) is 14.1 Å². The van der Waals surface area contributed by atoms with Gasteiger partial charge in [-0.1, -0.05) is 30.3 Å². The zero-order chi connectivity index (χ0) is 21.5. The Labute approximate surface area is 180 Å². The number of aryl methyl sites for hydroxylation is 3. The Bertz CT molecular complexity index is 1400. The Kier molecular flexibility index (Phi) is 4.51. The molecule has 7 nitrogen and oxygen atoms in total. The highest BCUT2D eigenvalue weighted by Gasteiger charge is 2.19. The molecule has 7 heteroatoms. The van der Waals surface area contributed by atoms with Crippen LogP contribution in [0.3, 0.4) is 0 Å². The molecule has 0 saturated carbocycles. The van der Waals surface area contributed by atoms with Crippen LogP contribution in [-0.4, -0.2) is 36.6 Å². The van der Waals surface area contributed by atoms with Gasteiger partial charge in [0.2, 0.25) is 0 Å². The minimum atomic E-state index is 0.753. The fraction of sp³-hybridized carbons (Fsp3) is 0.167. The van der Waals surface area contributed by atoms with E-state index in [0.29, 0.717) is 0 Å². The lowest BCUT2D eigenvalue weighted by molar-refractivity contribution is 0.417. The molecule has 0 unspecified atom stereocenters. The van der Waals surface area contributed by atoms with Gasteiger partial charge in [0.05, 0.1) is 24.0 Å². The molecule has 5 rings (SSSR count). The Hall–Kier alpha value is -4.00. The molecule has 2 aromatic carbocycles. The second-order valence-electron chi connectivity index (χ2n) is 7.52. The lowest BCUT2D eigenvalue weighted by Gasteiger charge is -2.12. The number of nitrogens with zero attached hydrogens (tertiary/aromatic N) is 6. The lowest BCUT2D eigenvalue weighted by atomic mass is 9.98. The molecule has 0 atom stereocenters. The van der Waals surface area contributed by atoms with Crippen LogP contribution in [0.5, 0.6) is 5.75 Å². The van der Waals surface area contributed by atoms with E-state index in [9.17, 15) is 0 Å². The molecule has 154 valence electrons. The average Bonchev–Trinajstić information content (AvgIpc) is 3.34. The predicted octanol–water partition coefficient (Wildman–Crippen LogP) is 4.41. The van der Waals surface area contributed by atoms with E-state index in [4.69, 9.17) is 9.84 Å². The fourth-order valence-electron chi connectivity index (χ4n) is 4.01. The normalized spacial score (nSPS) is 11.2. The SMILES string of the molecule is COc1cc2ncnc(-c3cn(C)nc3-c3ccccc3)c2cc1-c1cn(C)nc1C. The van der Waals surface area contributed by atoms with Gasteiger partial charge in [-0.25, -0.2) is 9.97 Å². The number of methoxy groups -OCH3 is 1. The second kappa shape index (κ2) is 7.36. The van der Waals surface area contributed by atoms with Crippen molar-refractivity contribution in [1.82, 2.24) is 29.5 Å². The summed E-state index contributed by atoms with van der Waals surface area (Å²) in [5.74, 6) is 0.753. The van der Waals surface area contributed by atoms with E-state index in [2.05, 4.69) is 33.3 Å². The van der Waals surface area contributed by atoms with E-state index in [1.54, 1.807) is 13.4 Å². The van der Waals surface area contributed by atoms with E-state index in [0.717, 1.165) is 56.0 Å². The van der Waals surface area contributed by atoms with E-state index in [1.807, 2.05) is 67.0 Å². The van der Waals surface area contributed by atoms with E-state index < -0.39 is 0 Å². The summed E-state index contributed by atoms with van der Waals surface area (Å²) in [6.07, 6.45) is 5.60. The van der Waals surface area contributed by atoms with E-state index in [-0.39, 0.29) is 0 Å². The Morgan fingerprint density at radius 3 is 2.26 bits per heavy atom. The molecular weight excluding hydrogens is 388 g/mol. The van der Waals surface area contributed by atoms with Crippen molar-refractivity contribution in [3.8, 4) is 39.4 Å². The maximum absolute atomic E-state index is 5.70.